The predicted molar refractivity (Wildman–Crippen MR) is 472 cm³/mol. The third-order valence-corrected chi connectivity index (χ3v) is 24.4. The quantitative estimate of drug-likeness (QED) is 0.133. The van der Waals surface area contributed by atoms with Gasteiger partial charge in [-0.05, 0) is 131 Å². The summed E-state index contributed by atoms with van der Waals surface area (Å²) < 4.78 is 23.5. The van der Waals surface area contributed by atoms with Crippen LogP contribution in [0.4, 0.5) is 0 Å². The highest BCUT2D eigenvalue weighted by molar-refractivity contribution is 7.26. The average molecular weight is 1490 g/mol. The van der Waals surface area contributed by atoms with E-state index in [1.165, 1.54) is 61.9 Å². The molecule has 12 heteroatoms. The summed E-state index contributed by atoms with van der Waals surface area (Å²) in [5, 5.41) is 13.8. The van der Waals surface area contributed by atoms with Crippen molar-refractivity contribution in [2.24, 2.45) is 0 Å². The number of rotatable bonds is 10. The van der Waals surface area contributed by atoms with Gasteiger partial charge in [0.25, 0.3) is 0 Å². The van der Waals surface area contributed by atoms with Crippen LogP contribution in [-0.2, 0) is 0 Å². The maximum Gasteiger partial charge on any atom is 0.167 e. The smallest absolute Gasteiger partial charge is 0.167 e. The van der Waals surface area contributed by atoms with E-state index in [9.17, 15) is 0 Å². The van der Waals surface area contributed by atoms with Crippen LogP contribution in [-0.4, -0.2) is 39.0 Å². The Hall–Kier alpha value is -14.8. The molecule has 532 valence electrons. The third kappa shape index (κ3) is 10.9. The van der Waals surface area contributed by atoms with Crippen molar-refractivity contribution in [1.82, 2.24) is 39.0 Å². The van der Waals surface area contributed by atoms with Crippen LogP contribution in [0.25, 0.3) is 230 Å². The molecule has 24 aromatic rings. The molecule has 10 nitrogen and oxygen atoms in total. The monoisotopic (exact) mass is 1490 g/mol. The number of benzene rings is 16. The first kappa shape index (κ1) is 65.1. The van der Waals surface area contributed by atoms with Gasteiger partial charge in [0.15, 0.2) is 34.9 Å². The van der Waals surface area contributed by atoms with Crippen molar-refractivity contribution in [2.75, 3.05) is 0 Å². The number of nitrogens with zero attached hydrogens (tertiary/aromatic N) is 8. The second kappa shape index (κ2) is 26.5. The van der Waals surface area contributed by atoms with Gasteiger partial charge in [-0.2, -0.15) is 0 Å². The molecule has 0 aliphatic rings. The zero-order chi connectivity index (χ0) is 74.9. The minimum atomic E-state index is 0.545. The highest BCUT2D eigenvalue weighted by atomic mass is 32.1. The van der Waals surface area contributed by atoms with Gasteiger partial charge in [0.1, 0.15) is 22.3 Å². The summed E-state index contributed by atoms with van der Waals surface area (Å²) in [4.78, 5) is 31.4. The Kier molecular flexibility index (Phi) is 15.1. The van der Waals surface area contributed by atoms with E-state index in [0.29, 0.717) is 34.9 Å². The fourth-order valence-electron chi connectivity index (χ4n) is 16.8. The van der Waals surface area contributed by atoms with E-state index in [0.717, 1.165) is 133 Å². The van der Waals surface area contributed by atoms with Crippen LogP contribution < -0.4 is 0 Å². The van der Waals surface area contributed by atoms with Gasteiger partial charge in [-0.1, -0.05) is 255 Å². The molecule has 0 bridgehead atoms. The largest absolute Gasteiger partial charge is 0.455 e. The second-order valence-electron chi connectivity index (χ2n) is 28.8. The van der Waals surface area contributed by atoms with Gasteiger partial charge in [-0.3, -0.25) is 0 Å². The van der Waals surface area contributed by atoms with Crippen LogP contribution >= 0.6 is 22.7 Å². The van der Waals surface area contributed by atoms with Gasteiger partial charge in [-0.15, -0.1) is 22.7 Å². The van der Waals surface area contributed by atoms with Gasteiger partial charge >= 0.3 is 0 Å². The number of fused-ring (bicyclic) bond motifs is 18. The third-order valence-electron chi connectivity index (χ3n) is 22.1. The molecule has 24 rings (SSSR count). The lowest BCUT2D eigenvalue weighted by molar-refractivity contribution is 0.669. The normalized spacial score (nSPS) is 11.9. The van der Waals surface area contributed by atoms with E-state index < -0.39 is 0 Å². The number of thiophene rings is 2. The van der Waals surface area contributed by atoms with E-state index in [4.69, 9.17) is 38.7 Å². The first-order valence-electron chi connectivity index (χ1n) is 38.0. The summed E-state index contributed by atoms with van der Waals surface area (Å²) in [6, 6.07) is 128. The SMILES string of the molecule is c1ccc(-c2ccc3c(c2)oc2c(-c4nc(-c5ccccc5)nc(-c5ccc6c(c5)sc5ccccc56)n4)cc(-n4c5ccccc5c5ccccc54)cc23)cc1.c1ccc(-c2ccc3c(c2)oc2c(-c4nc(-c5ccccc5)nc(-c5ccc6sc7ccccc7c6c5)n4)cc(-n4c5ccccc5c5ccccc54)cc23)cc1. The zero-order valence-corrected chi connectivity index (χ0v) is 62.5. The highest BCUT2D eigenvalue weighted by Crippen LogP contribution is 2.46. The summed E-state index contributed by atoms with van der Waals surface area (Å²) in [7, 11) is 0. The molecule has 0 N–H and O–H groups in total. The van der Waals surface area contributed by atoms with Gasteiger partial charge in [-0.25, -0.2) is 29.9 Å². The summed E-state index contributed by atoms with van der Waals surface area (Å²) in [5.41, 5.74) is 19.3. The first-order chi connectivity index (χ1) is 56.5. The summed E-state index contributed by atoms with van der Waals surface area (Å²) >= 11 is 3.59. The van der Waals surface area contributed by atoms with Crippen molar-refractivity contribution in [3.05, 3.63) is 364 Å². The van der Waals surface area contributed by atoms with Crippen molar-refractivity contribution in [2.45, 2.75) is 0 Å². The number of aromatic nitrogens is 8. The van der Waals surface area contributed by atoms with Crippen LogP contribution in [0.15, 0.2) is 373 Å². The Balaban J connectivity index is 0.000000135. The van der Waals surface area contributed by atoms with Crippen molar-refractivity contribution >= 4 is 151 Å². The van der Waals surface area contributed by atoms with Gasteiger partial charge < -0.3 is 18.0 Å². The van der Waals surface area contributed by atoms with Crippen molar-refractivity contribution in [3.8, 4) is 102 Å². The molecular weight excluding hydrogens is 1430 g/mol. The van der Waals surface area contributed by atoms with E-state index in [2.05, 4.69) is 325 Å². The number of furan rings is 2. The Morgan fingerprint density at radius 1 is 0.193 bits per heavy atom. The van der Waals surface area contributed by atoms with Crippen LogP contribution in [0.2, 0.25) is 0 Å². The number of hydrogen-bond acceptors (Lipinski definition) is 10. The van der Waals surface area contributed by atoms with Gasteiger partial charge in [0, 0.05) is 117 Å². The van der Waals surface area contributed by atoms with Crippen molar-refractivity contribution in [1.29, 1.82) is 0 Å². The molecule has 0 unspecified atom stereocenters. The Bertz CT molecular complexity index is 7890. The summed E-state index contributed by atoms with van der Waals surface area (Å²) in [6.45, 7) is 0. The average Bonchev–Trinajstić information content (AvgIpc) is 1.57. The number of hydrogen-bond donors (Lipinski definition) is 0. The lowest BCUT2D eigenvalue weighted by Gasteiger charge is -2.12. The molecule has 0 saturated heterocycles. The fraction of sp³-hybridized carbons (Fsp3) is 0. The minimum Gasteiger partial charge on any atom is -0.455 e. The maximum atomic E-state index is 6.93. The molecular formula is C102H60N8O2S2. The molecule has 0 atom stereocenters. The van der Waals surface area contributed by atoms with Crippen molar-refractivity contribution in [3.63, 3.8) is 0 Å². The molecule has 0 radical (unpaired) electrons. The van der Waals surface area contributed by atoms with E-state index >= 15 is 0 Å². The molecule has 0 spiro atoms. The first-order valence-corrected chi connectivity index (χ1v) is 39.7. The molecule has 0 saturated carbocycles. The molecule has 16 aromatic carbocycles. The number of para-hydroxylation sites is 4. The topological polar surface area (TPSA) is 113 Å². The van der Waals surface area contributed by atoms with Crippen LogP contribution in [0, 0.1) is 0 Å². The second-order valence-corrected chi connectivity index (χ2v) is 31.0. The molecule has 8 aromatic heterocycles. The molecule has 114 heavy (non-hydrogen) atoms. The van der Waals surface area contributed by atoms with E-state index in [1.54, 1.807) is 22.7 Å². The Morgan fingerprint density at radius 3 is 0.956 bits per heavy atom. The van der Waals surface area contributed by atoms with Crippen LogP contribution in [0.3, 0.4) is 0 Å². The van der Waals surface area contributed by atoms with Gasteiger partial charge in [0.05, 0.1) is 33.2 Å². The van der Waals surface area contributed by atoms with E-state index in [-0.39, 0.29) is 0 Å². The van der Waals surface area contributed by atoms with E-state index in [1.807, 2.05) is 48.5 Å². The van der Waals surface area contributed by atoms with Gasteiger partial charge in [0.2, 0.25) is 0 Å². The van der Waals surface area contributed by atoms with Crippen LogP contribution in [0.5, 0.6) is 0 Å². The lowest BCUT2D eigenvalue weighted by Crippen LogP contribution is -2.01. The molecule has 0 amide bonds. The van der Waals surface area contributed by atoms with Crippen molar-refractivity contribution < 1.29 is 8.83 Å². The Labute approximate surface area is 659 Å². The minimum absolute atomic E-state index is 0.545. The summed E-state index contributed by atoms with van der Waals surface area (Å²) in [6.07, 6.45) is 0. The maximum absolute atomic E-state index is 6.93. The van der Waals surface area contributed by atoms with Crippen LogP contribution in [0.1, 0.15) is 0 Å². The molecule has 0 aliphatic carbocycles. The zero-order valence-electron chi connectivity index (χ0n) is 60.9. The molecule has 0 fully saturated rings. The lowest BCUT2D eigenvalue weighted by atomic mass is 10.0. The molecule has 8 heterocycles. The predicted octanol–water partition coefficient (Wildman–Crippen LogP) is 27.8. The fourth-order valence-corrected chi connectivity index (χ4v) is 19.0. The highest BCUT2D eigenvalue weighted by Gasteiger charge is 2.26. The molecule has 0 aliphatic heterocycles. The standard InChI is InChI=1S/2C51H30N4OS/c1-3-13-31(14-4-1)33-23-25-38-41-29-35(55-43-20-10-7-17-36(43)37-18-8-11-21-44(37)55)30-42(48(41)56-45(38)28-33)51-53-49(32-15-5-2-6-16-32)52-50(54-51)34-24-26-47-40(27-34)39-19-9-12-22-46(39)57-47;1-3-13-31(14-4-1)33-23-25-38-41-29-35(55-43-20-10-7-17-36(43)37-18-8-11-21-44(37)55)30-42(48(41)56-45(38)27-33)51-53-49(32-15-5-2-6-16-32)52-50(54-51)34-24-26-40-39-19-9-12-22-46(39)57-47(40)28-34/h2*1-30H. The summed E-state index contributed by atoms with van der Waals surface area (Å²) in [5.74, 6) is 3.51. The Morgan fingerprint density at radius 2 is 0.509 bits per heavy atom.